The molecule has 2 amide bonds. The second-order valence-corrected chi connectivity index (χ2v) is 13.0. The van der Waals surface area contributed by atoms with E-state index in [0.717, 1.165) is 5.56 Å². The lowest BCUT2D eigenvalue weighted by Gasteiger charge is -2.22. The maximum absolute atomic E-state index is 13.8. The quantitative estimate of drug-likeness (QED) is 0.154. The fourth-order valence-electron chi connectivity index (χ4n) is 5.17. The Hall–Kier alpha value is -4.81. The molecule has 0 spiro atoms. The van der Waals surface area contributed by atoms with Crippen molar-refractivity contribution in [2.75, 3.05) is 5.32 Å². The molecule has 2 N–H and O–H groups in total. The predicted octanol–water partition coefficient (Wildman–Crippen LogP) is 5.44. The number of ether oxygens (including phenoxy) is 1. The van der Waals surface area contributed by atoms with Gasteiger partial charge in [0.1, 0.15) is 23.2 Å². The molecule has 0 saturated heterocycles. The van der Waals surface area contributed by atoms with E-state index < -0.39 is 53.1 Å². The van der Waals surface area contributed by atoms with Crippen LogP contribution in [0.1, 0.15) is 72.6 Å². The zero-order chi connectivity index (χ0) is 34.6. The molecule has 12 nitrogen and oxygen atoms in total. The number of ketones is 1. The van der Waals surface area contributed by atoms with Gasteiger partial charge in [-0.15, -0.1) is 0 Å². The summed E-state index contributed by atoms with van der Waals surface area (Å²) in [6, 6.07) is 12.6. The topological polar surface area (TPSA) is 162 Å². The highest BCUT2D eigenvalue weighted by Crippen LogP contribution is 2.35. The molecular weight excluding hydrogens is 661 g/mol. The Balaban J connectivity index is 1.44. The number of aryl methyl sites for hydroxylation is 2. The summed E-state index contributed by atoms with van der Waals surface area (Å²) in [5, 5.41) is 5.58. The molecule has 0 unspecified atom stereocenters. The first-order valence-corrected chi connectivity index (χ1v) is 16.0. The molecule has 0 radical (unpaired) electrons. The highest BCUT2D eigenvalue weighted by atomic mass is 35.5. The molecule has 2 aromatic carbocycles. The van der Waals surface area contributed by atoms with Gasteiger partial charge in [-0.1, -0.05) is 59.6 Å². The summed E-state index contributed by atoms with van der Waals surface area (Å²) in [5.41, 5.74) is -0.982. The monoisotopic (exact) mass is 693 g/mol. The third-order valence-corrected chi connectivity index (χ3v) is 7.96. The molecule has 1 aliphatic rings. The predicted molar refractivity (Wildman–Crippen MR) is 178 cm³/mol. The highest BCUT2D eigenvalue weighted by molar-refractivity contribution is 6.39. The number of hydrogen-bond donors (Lipinski definition) is 2. The summed E-state index contributed by atoms with van der Waals surface area (Å²) in [6.07, 6.45) is 2.14. The van der Waals surface area contributed by atoms with Crippen molar-refractivity contribution in [2.45, 2.75) is 71.1 Å². The summed E-state index contributed by atoms with van der Waals surface area (Å²) in [5.74, 6) is -3.12. The second kappa shape index (κ2) is 14.5. The van der Waals surface area contributed by atoms with E-state index in [1.807, 2.05) is 30.3 Å². The minimum atomic E-state index is -1.56. The average Bonchev–Trinajstić information content (AvgIpc) is 3.71. The number of aromatic nitrogens is 3. The number of nitrogens with one attached hydrogen (secondary N) is 2. The Morgan fingerprint density at radius 3 is 2.44 bits per heavy atom. The number of esters is 1. The van der Waals surface area contributed by atoms with Crippen LogP contribution < -0.4 is 16.2 Å². The Kier molecular flexibility index (Phi) is 10.4. The molecule has 4 aromatic rings. The van der Waals surface area contributed by atoms with Gasteiger partial charge in [0.05, 0.1) is 28.2 Å². The molecule has 0 fully saturated rings. The summed E-state index contributed by atoms with van der Waals surface area (Å²) in [7, 11) is 0. The van der Waals surface area contributed by atoms with Crippen molar-refractivity contribution in [2.24, 2.45) is 0 Å². The van der Waals surface area contributed by atoms with Crippen molar-refractivity contribution < 1.29 is 28.3 Å². The lowest BCUT2D eigenvalue weighted by atomic mass is 10.1. The fourth-order valence-corrected chi connectivity index (χ4v) is 5.75. The van der Waals surface area contributed by atoms with Gasteiger partial charge in [-0.05, 0) is 51.3 Å². The van der Waals surface area contributed by atoms with Gasteiger partial charge in [0.25, 0.3) is 17.4 Å². The van der Waals surface area contributed by atoms with Crippen molar-refractivity contribution in [3.8, 4) is 11.3 Å². The van der Waals surface area contributed by atoms with Gasteiger partial charge < -0.3 is 19.8 Å². The van der Waals surface area contributed by atoms with Crippen LogP contribution in [0, 0.1) is 0 Å². The third-order valence-electron chi connectivity index (χ3n) is 7.33. The molecule has 0 bridgehead atoms. The van der Waals surface area contributed by atoms with E-state index in [1.165, 1.54) is 10.8 Å². The van der Waals surface area contributed by atoms with Crippen molar-refractivity contribution in [3.05, 3.63) is 98.1 Å². The van der Waals surface area contributed by atoms with E-state index >= 15 is 0 Å². The van der Waals surface area contributed by atoms with Crippen LogP contribution in [0.25, 0.3) is 11.3 Å². The van der Waals surface area contributed by atoms with Crippen molar-refractivity contribution >= 4 is 52.5 Å². The maximum atomic E-state index is 13.8. The first kappa shape index (κ1) is 34.5. The largest absolute Gasteiger partial charge is 0.460 e. The lowest BCUT2D eigenvalue weighted by Crippen LogP contribution is -2.44. The number of nitrogens with zero attached hydrogens (tertiary/aromatic N) is 3. The zero-order valence-electron chi connectivity index (χ0n) is 26.5. The number of amides is 2. The van der Waals surface area contributed by atoms with Crippen molar-refractivity contribution in [3.63, 3.8) is 0 Å². The minimum absolute atomic E-state index is 0.0357. The molecule has 5 rings (SSSR count). The number of benzene rings is 2. The van der Waals surface area contributed by atoms with Gasteiger partial charge in [0, 0.05) is 19.4 Å². The SMILES string of the molecule is CC(C)(C)OC(=O)C[C@H](NC(=O)c1nc2n(c(=O)c1NC(=O)CCc1ccccc1)CCC2)C(=O)c1ncc(-c2c(Cl)cccc2Cl)o1. The standard InChI is InChI=1S/C34H33Cl2N5O7/c1-34(2,3)48-26(43)17-22(30(44)32-37-18-23(47-32)27-20(35)11-7-12-21(27)36)38-31(45)28-29(33(46)41-16-8-13-24(41)39-28)40-25(42)15-14-19-9-5-4-6-10-19/h4-7,9-12,18,22H,8,13-17H2,1-3H3,(H,38,45)(H,40,42)/t22-/m0/s1. The number of fused-ring (bicyclic) bond motifs is 1. The van der Waals surface area contributed by atoms with Crippen LogP contribution in [0.5, 0.6) is 0 Å². The Morgan fingerprint density at radius 2 is 1.75 bits per heavy atom. The zero-order valence-corrected chi connectivity index (χ0v) is 28.0. The Bertz CT molecular complexity index is 1910. The van der Waals surface area contributed by atoms with Crippen LogP contribution in [0.3, 0.4) is 0 Å². The van der Waals surface area contributed by atoms with E-state index in [9.17, 15) is 24.0 Å². The molecule has 0 saturated carbocycles. The van der Waals surface area contributed by atoms with Gasteiger partial charge in [-0.2, -0.15) is 0 Å². The summed E-state index contributed by atoms with van der Waals surface area (Å²) >= 11 is 12.6. The maximum Gasteiger partial charge on any atom is 0.308 e. The Labute approximate surface area is 285 Å². The number of rotatable bonds is 11. The first-order chi connectivity index (χ1) is 22.8. The highest BCUT2D eigenvalue weighted by Gasteiger charge is 2.34. The summed E-state index contributed by atoms with van der Waals surface area (Å²) in [4.78, 5) is 75.5. The van der Waals surface area contributed by atoms with Crippen LogP contribution in [0.4, 0.5) is 5.69 Å². The van der Waals surface area contributed by atoms with Crippen LogP contribution in [-0.4, -0.2) is 49.7 Å². The third kappa shape index (κ3) is 8.18. The van der Waals surface area contributed by atoms with E-state index in [4.69, 9.17) is 32.4 Å². The molecule has 1 atom stereocenters. The normalized spacial score (nSPS) is 13.0. The molecule has 14 heteroatoms. The van der Waals surface area contributed by atoms with E-state index in [1.54, 1.807) is 39.0 Å². The smallest absolute Gasteiger partial charge is 0.308 e. The van der Waals surface area contributed by atoms with E-state index in [0.29, 0.717) is 37.2 Å². The van der Waals surface area contributed by atoms with Crippen molar-refractivity contribution in [1.29, 1.82) is 0 Å². The fraction of sp³-hybridized carbons (Fsp3) is 0.324. The van der Waals surface area contributed by atoms with Gasteiger partial charge in [0.2, 0.25) is 11.7 Å². The molecule has 250 valence electrons. The first-order valence-electron chi connectivity index (χ1n) is 15.3. The van der Waals surface area contributed by atoms with E-state index in [2.05, 4.69) is 20.6 Å². The van der Waals surface area contributed by atoms with Crippen molar-refractivity contribution in [1.82, 2.24) is 19.9 Å². The number of halogens is 2. The Morgan fingerprint density at radius 1 is 1.04 bits per heavy atom. The molecule has 3 heterocycles. The van der Waals surface area contributed by atoms with Crippen LogP contribution in [0.2, 0.25) is 10.0 Å². The van der Waals surface area contributed by atoms with Crippen LogP contribution >= 0.6 is 23.2 Å². The minimum Gasteiger partial charge on any atom is -0.460 e. The van der Waals surface area contributed by atoms with Crippen LogP contribution in [-0.2, 0) is 33.7 Å². The second-order valence-electron chi connectivity index (χ2n) is 12.2. The number of carbonyl (C=O) groups excluding carboxylic acids is 4. The molecule has 2 aromatic heterocycles. The number of anilines is 1. The average molecular weight is 695 g/mol. The van der Waals surface area contributed by atoms with Gasteiger partial charge in [-0.25, -0.2) is 9.97 Å². The lowest BCUT2D eigenvalue weighted by molar-refractivity contribution is -0.155. The van der Waals surface area contributed by atoms with E-state index in [-0.39, 0.29) is 33.6 Å². The summed E-state index contributed by atoms with van der Waals surface area (Å²) < 4.78 is 12.5. The number of carbonyl (C=O) groups is 4. The summed E-state index contributed by atoms with van der Waals surface area (Å²) in [6.45, 7) is 5.34. The van der Waals surface area contributed by atoms with Crippen LogP contribution in [0.15, 0.2) is 63.9 Å². The molecule has 1 aliphatic heterocycles. The molecule has 0 aliphatic carbocycles. The molecule has 48 heavy (non-hydrogen) atoms. The number of Topliss-reactive ketones (excluding diaryl/α,β-unsaturated/α-hetero) is 1. The van der Waals surface area contributed by atoms with Gasteiger partial charge in [-0.3, -0.25) is 28.5 Å². The van der Waals surface area contributed by atoms with Gasteiger partial charge in [0.15, 0.2) is 11.5 Å². The number of oxazole rings is 1. The molecular formula is C34H33Cl2N5O7. The number of hydrogen-bond acceptors (Lipinski definition) is 9. The van der Waals surface area contributed by atoms with Gasteiger partial charge >= 0.3 is 5.97 Å².